The molecule has 0 aliphatic carbocycles. The zero-order valence-electron chi connectivity index (χ0n) is 10.9. The van der Waals surface area contributed by atoms with E-state index in [9.17, 15) is 0 Å². The lowest BCUT2D eigenvalue weighted by molar-refractivity contribution is 0.399. The molecule has 1 aliphatic heterocycles. The first kappa shape index (κ1) is 11.7. The second-order valence-electron chi connectivity index (χ2n) is 5.36. The van der Waals surface area contributed by atoms with Gasteiger partial charge in [-0.3, -0.25) is 4.98 Å². The van der Waals surface area contributed by atoms with Crippen molar-refractivity contribution >= 4 is 10.8 Å². The van der Waals surface area contributed by atoms with Gasteiger partial charge in [-0.05, 0) is 55.8 Å². The van der Waals surface area contributed by atoms with Gasteiger partial charge in [-0.25, -0.2) is 0 Å². The van der Waals surface area contributed by atoms with Crippen LogP contribution in [0.25, 0.3) is 10.8 Å². The van der Waals surface area contributed by atoms with E-state index in [0.29, 0.717) is 6.04 Å². The van der Waals surface area contributed by atoms with E-state index >= 15 is 0 Å². The largest absolute Gasteiger partial charge is 0.314 e. The van der Waals surface area contributed by atoms with Crippen LogP contribution in [0, 0.1) is 6.92 Å². The zero-order valence-corrected chi connectivity index (χ0v) is 10.9. The lowest BCUT2D eigenvalue weighted by atomic mass is 9.96. The summed E-state index contributed by atoms with van der Waals surface area (Å²) in [5.74, 6) is 0. The summed E-state index contributed by atoms with van der Waals surface area (Å²) in [5, 5.41) is 6.16. The molecular weight excluding hydrogens is 220 g/mol. The van der Waals surface area contributed by atoms with Gasteiger partial charge < -0.3 is 5.32 Å². The minimum atomic E-state index is 0.662. The molecule has 0 radical (unpaired) electrons. The van der Waals surface area contributed by atoms with Gasteiger partial charge in [0.1, 0.15) is 0 Å². The molecule has 18 heavy (non-hydrogen) atoms. The summed E-state index contributed by atoms with van der Waals surface area (Å²) >= 11 is 0. The molecule has 2 aromatic rings. The van der Waals surface area contributed by atoms with Crippen LogP contribution in [0.4, 0.5) is 0 Å². The predicted octanol–water partition coefficient (Wildman–Crippen LogP) is 3.23. The van der Waals surface area contributed by atoms with Gasteiger partial charge in [0.2, 0.25) is 0 Å². The van der Waals surface area contributed by atoms with E-state index in [4.69, 9.17) is 0 Å². The van der Waals surface area contributed by atoms with Gasteiger partial charge in [0, 0.05) is 23.3 Å². The van der Waals surface area contributed by atoms with E-state index in [0.717, 1.165) is 12.1 Å². The minimum Gasteiger partial charge on any atom is -0.314 e. The maximum absolute atomic E-state index is 4.38. The van der Waals surface area contributed by atoms with E-state index in [-0.39, 0.29) is 0 Å². The molecule has 1 saturated heterocycles. The van der Waals surface area contributed by atoms with E-state index in [1.54, 1.807) is 0 Å². The number of hydrogen-bond donors (Lipinski definition) is 1. The van der Waals surface area contributed by atoms with Gasteiger partial charge in [0.15, 0.2) is 0 Å². The number of hydrogen-bond acceptors (Lipinski definition) is 2. The molecule has 1 aromatic heterocycles. The number of aromatic nitrogens is 1. The third-order valence-electron chi connectivity index (χ3n) is 3.82. The molecule has 1 unspecified atom stereocenters. The summed E-state index contributed by atoms with van der Waals surface area (Å²) in [7, 11) is 0. The summed E-state index contributed by atoms with van der Waals surface area (Å²) in [6, 6.07) is 9.59. The Balaban J connectivity index is 1.82. The van der Waals surface area contributed by atoms with Crippen molar-refractivity contribution in [2.45, 2.75) is 38.6 Å². The Morgan fingerprint density at radius 3 is 3.00 bits per heavy atom. The molecule has 2 nitrogen and oxygen atoms in total. The minimum absolute atomic E-state index is 0.662. The summed E-state index contributed by atoms with van der Waals surface area (Å²) < 4.78 is 0. The van der Waals surface area contributed by atoms with Crippen LogP contribution in [0.5, 0.6) is 0 Å². The van der Waals surface area contributed by atoms with Crippen molar-refractivity contribution in [3.63, 3.8) is 0 Å². The van der Waals surface area contributed by atoms with Crippen LogP contribution in [0.15, 0.2) is 30.5 Å². The summed E-state index contributed by atoms with van der Waals surface area (Å²) in [6.07, 6.45) is 7.14. The first-order valence-electron chi connectivity index (χ1n) is 6.90. The molecule has 3 rings (SSSR count). The number of piperidine rings is 1. The summed E-state index contributed by atoms with van der Waals surface area (Å²) in [4.78, 5) is 4.38. The zero-order chi connectivity index (χ0) is 12.4. The van der Waals surface area contributed by atoms with E-state index < -0.39 is 0 Å². The van der Waals surface area contributed by atoms with Crippen molar-refractivity contribution in [1.29, 1.82) is 0 Å². The third kappa shape index (κ3) is 2.54. The second-order valence-corrected chi connectivity index (χ2v) is 5.36. The van der Waals surface area contributed by atoms with Gasteiger partial charge in [0.05, 0.1) is 0 Å². The molecule has 1 N–H and O–H groups in total. The van der Waals surface area contributed by atoms with Gasteiger partial charge in [-0.1, -0.05) is 18.6 Å². The van der Waals surface area contributed by atoms with Gasteiger partial charge >= 0.3 is 0 Å². The Morgan fingerprint density at radius 1 is 1.22 bits per heavy atom. The van der Waals surface area contributed by atoms with Crippen molar-refractivity contribution in [2.75, 3.05) is 6.54 Å². The molecule has 1 atom stereocenters. The molecule has 0 bridgehead atoms. The number of nitrogens with zero attached hydrogens (tertiary/aromatic N) is 1. The highest BCUT2D eigenvalue weighted by molar-refractivity contribution is 5.82. The number of aryl methyl sites for hydroxylation is 1. The molecule has 0 spiro atoms. The molecule has 1 fully saturated rings. The normalized spacial score (nSPS) is 20.2. The SMILES string of the molecule is Cc1cc2ccc(CC3CCCCN3)cc2cn1. The fourth-order valence-corrected chi connectivity index (χ4v) is 2.81. The fraction of sp³-hybridized carbons (Fsp3) is 0.438. The van der Waals surface area contributed by atoms with Gasteiger partial charge in [-0.2, -0.15) is 0 Å². The molecule has 2 heterocycles. The Morgan fingerprint density at radius 2 is 2.17 bits per heavy atom. The summed E-state index contributed by atoms with van der Waals surface area (Å²) in [6.45, 7) is 3.22. The number of fused-ring (bicyclic) bond motifs is 1. The molecule has 0 saturated carbocycles. The number of benzene rings is 1. The smallest absolute Gasteiger partial charge is 0.0379 e. The van der Waals surface area contributed by atoms with Crippen LogP contribution >= 0.6 is 0 Å². The van der Waals surface area contributed by atoms with Crippen LogP contribution in [-0.4, -0.2) is 17.6 Å². The van der Waals surface area contributed by atoms with Crippen LogP contribution in [-0.2, 0) is 6.42 Å². The van der Waals surface area contributed by atoms with Crippen LogP contribution in [0.2, 0.25) is 0 Å². The van der Waals surface area contributed by atoms with Crippen LogP contribution in [0.1, 0.15) is 30.5 Å². The highest BCUT2D eigenvalue weighted by Crippen LogP contribution is 2.19. The fourth-order valence-electron chi connectivity index (χ4n) is 2.81. The maximum atomic E-state index is 4.38. The van der Waals surface area contributed by atoms with Crippen molar-refractivity contribution < 1.29 is 0 Å². The van der Waals surface area contributed by atoms with Crippen LogP contribution in [0.3, 0.4) is 0 Å². The Kier molecular flexibility index (Phi) is 3.28. The average Bonchev–Trinajstić information content (AvgIpc) is 2.40. The number of nitrogens with one attached hydrogen (secondary N) is 1. The van der Waals surface area contributed by atoms with E-state index in [1.165, 1.54) is 42.1 Å². The Hall–Kier alpha value is -1.41. The van der Waals surface area contributed by atoms with E-state index in [2.05, 4.69) is 34.6 Å². The standard InChI is InChI=1S/C16H20N2/c1-12-8-14-6-5-13(9-15(14)11-18-12)10-16-4-2-3-7-17-16/h5-6,8-9,11,16-17H,2-4,7,10H2,1H3. The lowest BCUT2D eigenvalue weighted by Crippen LogP contribution is -2.35. The first-order valence-corrected chi connectivity index (χ1v) is 6.90. The van der Waals surface area contributed by atoms with Gasteiger partial charge in [0.25, 0.3) is 0 Å². The Labute approximate surface area is 108 Å². The highest BCUT2D eigenvalue weighted by Gasteiger charge is 2.12. The Bertz CT molecular complexity index is 542. The highest BCUT2D eigenvalue weighted by atomic mass is 14.9. The number of pyridine rings is 1. The third-order valence-corrected chi connectivity index (χ3v) is 3.82. The lowest BCUT2D eigenvalue weighted by Gasteiger charge is -2.23. The molecule has 94 valence electrons. The van der Waals surface area contributed by atoms with Crippen molar-refractivity contribution in [1.82, 2.24) is 10.3 Å². The van der Waals surface area contributed by atoms with Crippen molar-refractivity contribution in [3.8, 4) is 0 Å². The maximum Gasteiger partial charge on any atom is 0.0379 e. The molecule has 1 aliphatic rings. The van der Waals surface area contributed by atoms with Crippen molar-refractivity contribution in [3.05, 3.63) is 41.7 Å². The quantitative estimate of drug-likeness (QED) is 0.871. The second kappa shape index (κ2) is 5.07. The summed E-state index contributed by atoms with van der Waals surface area (Å²) in [5.41, 5.74) is 2.51. The molecule has 1 aromatic carbocycles. The van der Waals surface area contributed by atoms with Crippen molar-refractivity contribution in [2.24, 2.45) is 0 Å². The van der Waals surface area contributed by atoms with Crippen LogP contribution < -0.4 is 5.32 Å². The van der Waals surface area contributed by atoms with E-state index in [1.807, 2.05) is 13.1 Å². The molecule has 0 amide bonds. The van der Waals surface area contributed by atoms with Gasteiger partial charge in [-0.15, -0.1) is 0 Å². The monoisotopic (exact) mass is 240 g/mol. The average molecular weight is 240 g/mol. The molecule has 2 heteroatoms. The molecular formula is C16H20N2. The number of rotatable bonds is 2. The predicted molar refractivity (Wildman–Crippen MR) is 75.8 cm³/mol. The topological polar surface area (TPSA) is 24.9 Å². The first-order chi connectivity index (χ1) is 8.81.